The molecule has 0 fully saturated rings. The zero-order chi connectivity index (χ0) is 20.2. The van der Waals surface area contributed by atoms with Crippen LogP contribution in [0.1, 0.15) is 27.5 Å². The number of likely N-dealkylation sites (N-methyl/N-ethyl adjacent to an activating group) is 1. The summed E-state index contributed by atoms with van der Waals surface area (Å²) in [4.78, 5) is 16.3. The lowest BCUT2D eigenvalue weighted by atomic mass is 10.0. The van der Waals surface area contributed by atoms with Crippen molar-refractivity contribution < 1.29 is 18.0 Å². The van der Waals surface area contributed by atoms with Crippen LogP contribution in [0.2, 0.25) is 0 Å². The van der Waals surface area contributed by atoms with Crippen molar-refractivity contribution in [3.05, 3.63) is 65.2 Å². The van der Waals surface area contributed by atoms with Gasteiger partial charge in [0.25, 0.3) is 5.91 Å². The van der Waals surface area contributed by atoms with Gasteiger partial charge in [-0.3, -0.25) is 4.79 Å². The molecule has 146 valence electrons. The third-order valence-corrected chi connectivity index (χ3v) is 4.35. The van der Waals surface area contributed by atoms with Crippen molar-refractivity contribution in [1.29, 1.82) is 0 Å². The maximum Gasteiger partial charge on any atom is 0.416 e. The normalized spacial score (nSPS) is 12.7. The van der Waals surface area contributed by atoms with Crippen molar-refractivity contribution in [3.63, 3.8) is 0 Å². The van der Waals surface area contributed by atoms with Crippen LogP contribution < -0.4 is 10.2 Å². The predicted molar refractivity (Wildman–Crippen MR) is 101 cm³/mol. The smallest absolute Gasteiger partial charge is 0.378 e. The highest BCUT2D eigenvalue weighted by Crippen LogP contribution is 2.29. The average Bonchev–Trinajstić information content (AvgIpc) is 2.61. The Morgan fingerprint density at radius 3 is 1.96 bits per heavy atom. The number of hydrogen-bond donors (Lipinski definition) is 1. The zero-order valence-corrected chi connectivity index (χ0v) is 15.8. The molecule has 2 rings (SSSR count). The van der Waals surface area contributed by atoms with E-state index in [1.807, 2.05) is 62.3 Å². The Morgan fingerprint density at radius 2 is 1.52 bits per heavy atom. The van der Waals surface area contributed by atoms with Crippen LogP contribution >= 0.6 is 0 Å². The Labute approximate surface area is 157 Å². The van der Waals surface area contributed by atoms with E-state index in [-0.39, 0.29) is 11.6 Å². The molecule has 0 aliphatic rings. The second-order valence-corrected chi connectivity index (χ2v) is 6.75. The highest BCUT2D eigenvalue weighted by atomic mass is 19.4. The Balaban J connectivity index is 2.06. The summed E-state index contributed by atoms with van der Waals surface area (Å²) in [5.41, 5.74) is 1.54. The Bertz CT molecular complexity index is 754. The molecule has 0 unspecified atom stereocenters. The molecule has 0 saturated carbocycles. The van der Waals surface area contributed by atoms with Crippen molar-refractivity contribution in [2.24, 2.45) is 0 Å². The molecule has 0 aliphatic carbocycles. The number of carbonyl (C=O) groups is 1. The minimum atomic E-state index is -4.41. The summed E-state index contributed by atoms with van der Waals surface area (Å²) >= 11 is 0. The fraction of sp³-hybridized carbons (Fsp3) is 0.350. The maximum absolute atomic E-state index is 12.6. The standard InChI is InChI=1S/C20H24F3N3O/c1-25(2)17-11-7-14(8-12-17)18(26(3)4)13-24-19(27)15-5-9-16(10-6-15)20(21,22)23/h5-12,18H,13H2,1-4H3,(H,24,27)/t18-/m0/s1. The largest absolute Gasteiger partial charge is 0.416 e. The van der Waals surface area contributed by atoms with Gasteiger partial charge in [-0.15, -0.1) is 0 Å². The number of carbonyl (C=O) groups excluding carboxylic acids is 1. The van der Waals surface area contributed by atoms with E-state index < -0.39 is 17.6 Å². The van der Waals surface area contributed by atoms with Gasteiger partial charge in [-0.1, -0.05) is 12.1 Å². The fourth-order valence-electron chi connectivity index (χ4n) is 2.70. The molecular formula is C20H24F3N3O. The first-order valence-electron chi connectivity index (χ1n) is 8.48. The summed E-state index contributed by atoms with van der Waals surface area (Å²) in [6.07, 6.45) is -4.41. The monoisotopic (exact) mass is 379 g/mol. The predicted octanol–water partition coefficient (Wildman–Crippen LogP) is 3.80. The number of alkyl halides is 3. The third-order valence-electron chi connectivity index (χ3n) is 4.35. The van der Waals surface area contributed by atoms with Gasteiger partial charge in [-0.05, 0) is 56.1 Å². The second-order valence-electron chi connectivity index (χ2n) is 6.75. The van der Waals surface area contributed by atoms with Gasteiger partial charge in [-0.2, -0.15) is 13.2 Å². The summed E-state index contributed by atoms with van der Waals surface area (Å²) in [6, 6.07) is 12.2. The molecule has 0 spiro atoms. The van der Waals surface area contributed by atoms with E-state index in [1.165, 1.54) is 12.1 Å². The molecule has 0 saturated heterocycles. The quantitative estimate of drug-likeness (QED) is 0.829. The van der Waals surface area contributed by atoms with Crippen molar-refractivity contribution in [1.82, 2.24) is 10.2 Å². The fourth-order valence-corrected chi connectivity index (χ4v) is 2.70. The Kier molecular flexibility index (Phi) is 6.49. The number of hydrogen-bond acceptors (Lipinski definition) is 3. The minimum Gasteiger partial charge on any atom is -0.378 e. The number of halogens is 3. The van der Waals surface area contributed by atoms with Gasteiger partial charge >= 0.3 is 6.18 Å². The first kappa shape index (κ1) is 20.8. The van der Waals surface area contributed by atoms with E-state index in [4.69, 9.17) is 0 Å². The molecule has 0 radical (unpaired) electrons. The molecule has 0 bridgehead atoms. The third kappa shape index (κ3) is 5.47. The molecule has 27 heavy (non-hydrogen) atoms. The van der Waals surface area contributed by atoms with E-state index in [0.29, 0.717) is 6.54 Å². The van der Waals surface area contributed by atoms with Gasteiger partial charge in [0.2, 0.25) is 0 Å². The van der Waals surface area contributed by atoms with E-state index in [2.05, 4.69) is 5.32 Å². The highest BCUT2D eigenvalue weighted by Gasteiger charge is 2.30. The number of nitrogens with zero attached hydrogens (tertiary/aromatic N) is 2. The molecule has 1 amide bonds. The Hall–Kier alpha value is -2.54. The van der Waals surface area contributed by atoms with Crippen LogP contribution in [0, 0.1) is 0 Å². The minimum absolute atomic E-state index is 0.0559. The molecule has 0 aliphatic heterocycles. The van der Waals surface area contributed by atoms with E-state index in [0.717, 1.165) is 23.4 Å². The zero-order valence-electron chi connectivity index (χ0n) is 15.8. The van der Waals surface area contributed by atoms with Gasteiger partial charge in [0.1, 0.15) is 0 Å². The molecule has 2 aromatic carbocycles. The first-order valence-corrected chi connectivity index (χ1v) is 8.48. The van der Waals surface area contributed by atoms with E-state index >= 15 is 0 Å². The number of amides is 1. The van der Waals surface area contributed by atoms with Crippen molar-refractivity contribution in [2.45, 2.75) is 12.2 Å². The van der Waals surface area contributed by atoms with E-state index in [9.17, 15) is 18.0 Å². The number of rotatable bonds is 6. The SMILES string of the molecule is CN(C)c1ccc([C@H](CNC(=O)c2ccc(C(F)(F)F)cc2)N(C)C)cc1. The number of nitrogens with one attached hydrogen (secondary N) is 1. The van der Waals surface area contributed by atoms with Gasteiger partial charge in [0.05, 0.1) is 11.6 Å². The molecule has 7 heteroatoms. The lowest BCUT2D eigenvalue weighted by molar-refractivity contribution is -0.137. The van der Waals surface area contributed by atoms with Crippen LogP contribution in [0.15, 0.2) is 48.5 Å². The van der Waals surface area contributed by atoms with Gasteiger partial charge in [0.15, 0.2) is 0 Å². The summed E-state index contributed by atoms with van der Waals surface area (Å²) in [5, 5.41) is 2.80. The first-order chi connectivity index (χ1) is 12.6. The van der Waals surface area contributed by atoms with Crippen molar-refractivity contribution >= 4 is 11.6 Å². The van der Waals surface area contributed by atoms with Crippen LogP contribution in [0.4, 0.5) is 18.9 Å². The van der Waals surface area contributed by atoms with E-state index in [1.54, 1.807) is 0 Å². The number of benzene rings is 2. The van der Waals surface area contributed by atoms with Crippen LogP contribution in [-0.4, -0.2) is 45.5 Å². The molecule has 4 nitrogen and oxygen atoms in total. The molecule has 0 heterocycles. The summed E-state index contributed by atoms with van der Waals surface area (Å²) in [5.74, 6) is -0.402. The average molecular weight is 379 g/mol. The summed E-state index contributed by atoms with van der Waals surface area (Å²) in [7, 11) is 7.75. The molecule has 2 aromatic rings. The molecule has 1 N–H and O–H groups in total. The lowest BCUT2D eigenvalue weighted by Gasteiger charge is -2.26. The van der Waals surface area contributed by atoms with Crippen LogP contribution in [0.25, 0.3) is 0 Å². The molecular weight excluding hydrogens is 355 g/mol. The van der Waals surface area contributed by atoms with Crippen molar-refractivity contribution in [3.8, 4) is 0 Å². The van der Waals surface area contributed by atoms with Crippen LogP contribution in [0.5, 0.6) is 0 Å². The van der Waals surface area contributed by atoms with Crippen LogP contribution in [0.3, 0.4) is 0 Å². The topological polar surface area (TPSA) is 35.6 Å². The molecule has 0 aromatic heterocycles. The second kappa shape index (κ2) is 8.43. The van der Waals surface area contributed by atoms with Gasteiger partial charge in [-0.25, -0.2) is 0 Å². The Morgan fingerprint density at radius 1 is 0.963 bits per heavy atom. The summed E-state index contributed by atoms with van der Waals surface area (Å²) < 4.78 is 37.9. The number of anilines is 1. The maximum atomic E-state index is 12.6. The van der Waals surface area contributed by atoms with Crippen molar-refractivity contribution in [2.75, 3.05) is 39.6 Å². The highest BCUT2D eigenvalue weighted by molar-refractivity contribution is 5.94. The summed E-state index contributed by atoms with van der Waals surface area (Å²) in [6.45, 7) is 0.341. The van der Waals surface area contributed by atoms with Gasteiger partial charge in [0, 0.05) is 31.9 Å². The lowest BCUT2D eigenvalue weighted by Crippen LogP contribution is -2.34. The van der Waals surface area contributed by atoms with Gasteiger partial charge < -0.3 is 15.1 Å². The molecule has 1 atom stereocenters. The van der Waals surface area contributed by atoms with Crippen LogP contribution in [-0.2, 0) is 6.18 Å².